The van der Waals surface area contributed by atoms with E-state index in [0.717, 1.165) is 11.2 Å². The molecule has 6 nitrogen and oxygen atoms in total. The van der Waals surface area contributed by atoms with E-state index in [1.807, 2.05) is 18.3 Å². The van der Waals surface area contributed by atoms with Crippen molar-refractivity contribution in [3.63, 3.8) is 0 Å². The minimum Gasteiger partial charge on any atom is -0.383 e. The smallest absolute Gasteiger partial charge is 0.170 e. The zero-order valence-electron chi connectivity index (χ0n) is 8.16. The molecule has 3 N–H and O–H groups in total. The second-order valence-electron chi connectivity index (χ2n) is 3.11. The fraction of sp³-hybridized carbons (Fsp3) is 0. The van der Waals surface area contributed by atoms with Gasteiger partial charge in [0.25, 0.3) is 0 Å². The van der Waals surface area contributed by atoms with Crippen LogP contribution in [0.2, 0.25) is 0 Å². The second kappa shape index (κ2) is 3.82. The number of fused-ring (bicyclic) bond motifs is 1. The van der Waals surface area contributed by atoms with Crippen molar-refractivity contribution in [1.82, 2.24) is 24.7 Å². The van der Waals surface area contributed by atoms with Crippen molar-refractivity contribution in [3.05, 3.63) is 30.9 Å². The maximum atomic E-state index is 5.71. The lowest BCUT2D eigenvalue weighted by Gasteiger charge is -1.98. The first-order valence-corrected chi connectivity index (χ1v) is 4.44. The Bertz CT molecular complexity index is 600. The Hall–Kier alpha value is -2.08. The second-order valence-corrected chi connectivity index (χ2v) is 3.11. The van der Waals surface area contributed by atoms with Gasteiger partial charge in [0.05, 0.1) is 11.6 Å². The largest absolute Gasteiger partial charge is 0.383 e. The Labute approximate surface area is 96.9 Å². The normalized spacial score (nSPS) is 10.2. The van der Waals surface area contributed by atoms with E-state index in [0.29, 0.717) is 11.5 Å². The van der Waals surface area contributed by atoms with E-state index in [9.17, 15) is 0 Å². The summed E-state index contributed by atoms with van der Waals surface area (Å²) in [5.74, 6) is 1.29. The molecule has 0 radical (unpaired) electrons. The highest BCUT2D eigenvalue weighted by Gasteiger charge is 2.08. The summed E-state index contributed by atoms with van der Waals surface area (Å²) < 4.78 is 1.69. The summed E-state index contributed by atoms with van der Waals surface area (Å²) in [5, 5.41) is 4.96. The van der Waals surface area contributed by atoms with Crippen molar-refractivity contribution in [3.8, 4) is 5.82 Å². The molecule has 7 heteroatoms. The summed E-state index contributed by atoms with van der Waals surface area (Å²) in [6, 6.07) is 3.80. The Morgan fingerprint density at radius 3 is 2.94 bits per heavy atom. The van der Waals surface area contributed by atoms with E-state index in [1.165, 1.54) is 6.33 Å². The summed E-state index contributed by atoms with van der Waals surface area (Å²) in [6.45, 7) is 0. The number of nitrogens with zero attached hydrogens (tertiary/aromatic N) is 4. The maximum Gasteiger partial charge on any atom is 0.170 e. The number of nitrogens with two attached hydrogens (primary N) is 1. The molecule has 3 heterocycles. The number of rotatable bonds is 1. The SMILES string of the molecule is Cl.Nc1ncnc2c1cnn2-c1ccc[nH]1. The highest BCUT2D eigenvalue weighted by atomic mass is 35.5. The van der Waals surface area contributed by atoms with Crippen LogP contribution in [-0.2, 0) is 0 Å². The maximum absolute atomic E-state index is 5.71. The molecule has 0 aliphatic carbocycles. The molecule has 0 amide bonds. The van der Waals surface area contributed by atoms with Gasteiger partial charge in [-0.2, -0.15) is 9.78 Å². The molecular formula is C9H9ClN6. The van der Waals surface area contributed by atoms with E-state index in [2.05, 4.69) is 20.1 Å². The van der Waals surface area contributed by atoms with Gasteiger partial charge in [-0.15, -0.1) is 12.4 Å². The van der Waals surface area contributed by atoms with E-state index in [1.54, 1.807) is 10.9 Å². The van der Waals surface area contributed by atoms with Crippen LogP contribution < -0.4 is 5.73 Å². The van der Waals surface area contributed by atoms with Crippen molar-refractivity contribution in [2.24, 2.45) is 0 Å². The molecule has 0 saturated carbocycles. The molecule has 0 aromatic carbocycles. The number of hydrogen-bond donors (Lipinski definition) is 2. The Balaban J connectivity index is 0.000000963. The fourth-order valence-corrected chi connectivity index (χ4v) is 1.49. The van der Waals surface area contributed by atoms with Gasteiger partial charge in [-0.1, -0.05) is 0 Å². The fourth-order valence-electron chi connectivity index (χ4n) is 1.49. The highest BCUT2D eigenvalue weighted by Crippen LogP contribution is 2.17. The van der Waals surface area contributed by atoms with E-state index >= 15 is 0 Å². The minimum absolute atomic E-state index is 0. The molecule has 3 rings (SSSR count). The van der Waals surface area contributed by atoms with Gasteiger partial charge < -0.3 is 10.7 Å². The average Bonchev–Trinajstić information content (AvgIpc) is 2.85. The average molecular weight is 237 g/mol. The molecule has 16 heavy (non-hydrogen) atoms. The van der Waals surface area contributed by atoms with Crippen LogP contribution in [0.4, 0.5) is 5.82 Å². The number of H-pyrrole nitrogens is 1. The number of hydrogen-bond acceptors (Lipinski definition) is 4. The number of nitrogen functional groups attached to an aromatic ring is 1. The number of nitrogens with one attached hydrogen (secondary N) is 1. The first kappa shape index (κ1) is 10.4. The lowest BCUT2D eigenvalue weighted by atomic mass is 10.4. The summed E-state index contributed by atoms with van der Waals surface area (Å²) in [4.78, 5) is 11.1. The van der Waals surface area contributed by atoms with Crippen LogP contribution in [-0.4, -0.2) is 24.7 Å². The lowest BCUT2D eigenvalue weighted by Crippen LogP contribution is -1.98. The lowest BCUT2D eigenvalue weighted by molar-refractivity contribution is 0.870. The molecule has 0 unspecified atom stereocenters. The molecule has 0 spiro atoms. The van der Waals surface area contributed by atoms with Crippen LogP contribution in [0.3, 0.4) is 0 Å². The van der Waals surface area contributed by atoms with Crippen molar-refractivity contribution in [2.45, 2.75) is 0 Å². The number of anilines is 1. The number of aromatic amines is 1. The quantitative estimate of drug-likeness (QED) is 0.664. The van der Waals surface area contributed by atoms with Gasteiger partial charge in [-0.3, -0.25) is 0 Å². The van der Waals surface area contributed by atoms with Gasteiger partial charge in [-0.05, 0) is 12.1 Å². The third kappa shape index (κ3) is 1.40. The Morgan fingerprint density at radius 2 is 2.19 bits per heavy atom. The third-order valence-electron chi connectivity index (χ3n) is 2.21. The van der Waals surface area contributed by atoms with Gasteiger partial charge in [-0.25, -0.2) is 9.97 Å². The molecule has 0 atom stereocenters. The minimum atomic E-state index is 0. The molecule has 0 aliphatic heterocycles. The third-order valence-corrected chi connectivity index (χ3v) is 2.21. The standard InChI is InChI=1S/C9H8N6.ClH/c10-8-6-4-14-15(7-2-1-3-11-7)9(6)13-5-12-8;/h1-5,11H,(H2,10,12,13);1H. The van der Waals surface area contributed by atoms with Crippen LogP contribution in [0.5, 0.6) is 0 Å². The van der Waals surface area contributed by atoms with Crippen LogP contribution in [0.25, 0.3) is 16.9 Å². The molecule has 3 aromatic rings. The molecule has 0 bridgehead atoms. The van der Waals surface area contributed by atoms with Crippen LogP contribution in [0, 0.1) is 0 Å². The molecule has 3 aromatic heterocycles. The summed E-state index contributed by atoms with van der Waals surface area (Å²) in [6.07, 6.45) is 4.91. The van der Waals surface area contributed by atoms with Crippen molar-refractivity contribution in [1.29, 1.82) is 0 Å². The zero-order valence-corrected chi connectivity index (χ0v) is 8.98. The summed E-state index contributed by atoms with van der Waals surface area (Å²) in [5.41, 5.74) is 6.41. The van der Waals surface area contributed by atoms with Crippen LogP contribution in [0.15, 0.2) is 30.9 Å². The molecule has 82 valence electrons. The Kier molecular flexibility index (Phi) is 2.49. The molecule has 0 saturated heterocycles. The number of aromatic nitrogens is 5. The van der Waals surface area contributed by atoms with Gasteiger partial charge in [0, 0.05) is 6.20 Å². The molecule has 0 aliphatic rings. The van der Waals surface area contributed by atoms with Crippen molar-refractivity contribution in [2.75, 3.05) is 5.73 Å². The first-order chi connectivity index (χ1) is 7.36. The zero-order chi connectivity index (χ0) is 10.3. The topological polar surface area (TPSA) is 85.4 Å². The highest BCUT2D eigenvalue weighted by molar-refractivity contribution is 5.85. The van der Waals surface area contributed by atoms with Gasteiger partial charge >= 0.3 is 0 Å². The summed E-state index contributed by atoms with van der Waals surface area (Å²) >= 11 is 0. The van der Waals surface area contributed by atoms with E-state index in [4.69, 9.17) is 5.73 Å². The molecule has 0 fully saturated rings. The van der Waals surface area contributed by atoms with Crippen molar-refractivity contribution < 1.29 is 0 Å². The van der Waals surface area contributed by atoms with E-state index in [-0.39, 0.29) is 12.4 Å². The van der Waals surface area contributed by atoms with Crippen LogP contribution >= 0.6 is 12.4 Å². The predicted octanol–water partition coefficient (Wildman–Crippen LogP) is 1.15. The van der Waals surface area contributed by atoms with Crippen LogP contribution in [0.1, 0.15) is 0 Å². The monoisotopic (exact) mass is 236 g/mol. The van der Waals surface area contributed by atoms with Crippen molar-refractivity contribution >= 4 is 29.3 Å². The number of halogens is 1. The first-order valence-electron chi connectivity index (χ1n) is 4.44. The van der Waals surface area contributed by atoms with E-state index < -0.39 is 0 Å². The Morgan fingerprint density at radius 1 is 1.31 bits per heavy atom. The summed E-state index contributed by atoms with van der Waals surface area (Å²) in [7, 11) is 0. The molecular weight excluding hydrogens is 228 g/mol. The van der Waals surface area contributed by atoms with Gasteiger partial charge in [0.15, 0.2) is 5.65 Å². The van der Waals surface area contributed by atoms with Gasteiger partial charge in [0.1, 0.15) is 18.0 Å². The predicted molar refractivity (Wildman–Crippen MR) is 62.7 cm³/mol. The van der Waals surface area contributed by atoms with Gasteiger partial charge in [0.2, 0.25) is 0 Å².